The summed E-state index contributed by atoms with van der Waals surface area (Å²) < 4.78 is 7.71. The highest BCUT2D eigenvalue weighted by Gasteiger charge is 2.15. The first-order valence-corrected chi connectivity index (χ1v) is 6.82. The number of rotatable bonds is 3. The SMILES string of the molecule is Oc1ccc(-n2cc(OC3CCCCC3)cn2)cc1. The van der Waals surface area contributed by atoms with Gasteiger partial charge in [0.25, 0.3) is 0 Å². The van der Waals surface area contributed by atoms with E-state index in [0.717, 1.165) is 24.3 Å². The van der Waals surface area contributed by atoms with Crippen molar-refractivity contribution in [3.05, 3.63) is 36.7 Å². The maximum atomic E-state index is 9.27. The Morgan fingerprint density at radius 3 is 2.58 bits per heavy atom. The number of hydrogen-bond acceptors (Lipinski definition) is 3. The molecule has 1 saturated carbocycles. The molecule has 1 aromatic carbocycles. The highest BCUT2D eigenvalue weighted by molar-refractivity contribution is 5.37. The van der Waals surface area contributed by atoms with Gasteiger partial charge in [-0.25, -0.2) is 4.68 Å². The van der Waals surface area contributed by atoms with E-state index in [4.69, 9.17) is 4.74 Å². The van der Waals surface area contributed by atoms with E-state index in [0.29, 0.717) is 6.10 Å². The monoisotopic (exact) mass is 258 g/mol. The molecule has 1 aromatic heterocycles. The van der Waals surface area contributed by atoms with E-state index in [2.05, 4.69) is 5.10 Å². The molecule has 0 aliphatic heterocycles. The zero-order chi connectivity index (χ0) is 13.1. The molecule has 100 valence electrons. The van der Waals surface area contributed by atoms with Gasteiger partial charge in [-0.1, -0.05) is 6.42 Å². The predicted octanol–water partition coefficient (Wildman–Crippen LogP) is 3.29. The van der Waals surface area contributed by atoms with Crippen molar-refractivity contribution in [3.63, 3.8) is 0 Å². The lowest BCUT2D eigenvalue weighted by atomic mass is 9.98. The lowest BCUT2D eigenvalue weighted by molar-refractivity contribution is 0.155. The maximum absolute atomic E-state index is 9.27. The van der Waals surface area contributed by atoms with E-state index >= 15 is 0 Å². The number of ether oxygens (including phenoxy) is 1. The van der Waals surface area contributed by atoms with Crippen molar-refractivity contribution in [2.75, 3.05) is 0 Å². The lowest BCUT2D eigenvalue weighted by Crippen LogP contribution is -2.19. The van der Waals surface area contributed by atoms with Gasteiger partial charge in [-0.3, -0.25) is 0 Å². The molecule has 4 heteroatoms. The van der Waals surface area contributed by atoms with Gasteiger partial charge < -0.3 is 9.84 Å². The summed E-state index contributed by atoms with van der Waals surface area (Å²) in [4.78, 5) is 0. The van der Waals surface area contributed by atoms with Crippen LogP contribution in [0.2, 0.25) is 0 Å². The van der Waals surface area contributed by atoms with Crippen LogP contribution in [0.4, 0.5) is 0 Å². The van der Waals surface area contributed by atoms with Gasteiger partial charge in [0.1, 0.15) is 5.75 Å². The molecule has 2 aromatic rings. The number of phenolic OH excluding ortho intramolecular Hbond substituents is 1. The van der Waals surface area contributed by atoms with Gasteiger partial charge in [-0.2, -0.15) is 5.10 Å². The Morgan fingerprint density at radius 1 is 1.11 bits per heavy atom. The molecule has 3 rings (SSSR count). The Balaban J connectivity index is 1.70. The molecule has 0 spiro atoms. The third-order valence-corrected chi connectivity index (χ3v) is 3.53. The molecule has 0 atom stereocenters. The van der Waals surface area contributed by atoms with Gasteiger partial charge in [0.15, 0.2) is 5.75 Å². The van der Waals surface area contributed by atoms with Crippen molar-refractivity contribution in [3.8, 4) is 17.2 Å². The second-order valence-electron chi connectivity index (χ2n) is 5.01. The number of aromatic nitrogens is 2. The number of aromatic hydroxyl groups is 1. The van der Waals surface area contributed by atoms with Crippen LogP contribution in [0.3, 0.4) is 0 Å². The first-order chi connectivity index (χ1) is 9.31. The average Bonchev–Trinajstić information content (AvgIpc) is 2.89. The second kappa shape index (κ2) is 5.34. The maximum Gasteiger partial charge on any atom is 0.158 e. The minimum absolute atomic E-state index is 0.259. The summed E-state index contributed by atoms with van der Waals surface area (Å²) in [6.45, 7) is 0. The zero-order valence-corrected chi connectivity index (χ0v) is 10.8. The summed E-state index contributed by atoms with van der Waals surface area (Å²) in [6, 6.07) is 6.96. The molecule has 1 heterocycles. The van der Waals surface area contributed by atoms with E-state index in [1.165, 1.54) is 19.3 Å². The smallest absolute Gasteiger partial charge is 0.158 e. The Hall–Kier alpha value is -1.97. The molecule has 19 heavy (non-hydrogen) atoms. The third-order valence-electron chi connectivity index (χ3n) is 3.53. The van der Waals surface area contributed by atoms with Gasteiger partial charge in [0.2, 0.25) is 0 Å². The minimum atomic E-state index is 0.259. The van der Waals surface area contributed by atoms with Crippen molar-refractivity contribution < 1.29 is 9.84 Å². The van der Waals surface area contributed by atoms with E-state index in [1.807, 2.05) is 18.3 Å². The van der Waals surface area contributed by atoms with Crippen molar-refractivity contribution in [2.45, 2.75) is 38.2 Å². The summed E-state index contributed by atoms with van der Waals surface area (Å²) in [5.41, 5.74) is 0.913. The van der Waals surface area contributed by atoms with Gasteiger partial charge in [-0.05, 0) is 49.9 Å². The van der Waals surface area contributed by atoms with Gasteiger partial charge in [0, 0.05) is 0 Å². The van der Waals surface area contributed by atoms with Crippen LogP contribution in [0, 0.1) is 0 Å². The summed E-state index contributed by atoms with van der Waals surface area (Å²) >= 11 is 0. The fourth-order valence-corrected chi connectivity index (χ4v) is 2.49. The zero-order valence-electron chi connectivity index (χ0n) is 10.8. The first-order valence-electron chi connectivity index (χ1n) is 6.82. The van der Waals surface area contributed by atoms with E-state index in [9.17, 15) is 5.11 Å². The van der Waals surface area contributed by atoms with Gasteiger partial charge in [0.05, 0.1) is 24.2 Å². The average molecular weight is 258 g/mol. The fraction of sp³-hybridized carbons (Fsp3) is 0.400. The Bertz CT molecular complexity index is 527. The van der Waals surface area contributed by atoms with Crippen LogP contribution in [0.1, 0.15) is 32.1 Å². The number of phenols is 1. The molecule has 4 nitrogen and oxygen atoms in total. The summed E-state index contributed by atoms with van der Waals surface area (Å²) in [5, 5.41) is 13.6. The molecule has 0 saturated heterocycles. The molecule has 1 aliphatic carbocycles. The molecule has 0 amide bonds. The van der Waals surface area contributed by atoms with Gasteiger partial charge in [-0.15, -0.1) is 0 Å². The fourth-order valence-electron chi connectivity index (χ4n) is 2.49. The summed E-state index contributed by atoms with van der Waals surface area (Å²) in [7, 11) is 0. The van der Waals surface area contributed by atoms with Crippen LogP contribution < -0.4 is 4.74 Å². The largest absolute Gasteiger partial charge is 0.508 e. The number of nitrogens with zero attached hydrogens (tertiary/aromatic N) is 2. The minimum Gasteiger partial charge on any atom is -0.508 e. The normalized spacial score (nSPS) is 16.4. The third kappa shape index (κ3) is 2.89. The molecule has 1 fully saturated rings. The van der Waals surface area contributed by atoms with Crippen LogP contribution in [-0.4, -0.2) is 21.0 Å². The summed E-state index contributed by atoms with van der Waals surface area (Å²) in [6.07, 6.45) is 10.1. The Kier molecular flexibility index (Phi) is 3.40. The number of hydrogen-bond donors (Lipinski definition) is 1. The number of benzene rings is 1. The van der Waals surface area contributed by atoms with Crippen LogP contribution in [0.15, 0.2) is 36.7 Å². The van der Waals surface area contributed by atoms with Crippen molar-refractivity contribution in [2.24, 2.45) is 0 Å². The Morgan fingerprint density at radius 2 is 1.84 bits per heavy atom. The molecular weight excluding hydrogens is 240 g/mol. The molecule has 0 unspecified atom stereocenters. The molecule has 0 radical (unpaired) electrons. The van der Waals surface area contributed by atoms with Gasteiger partial charge >= 0.3 is 0 Å². The van der Waals surface area contributed by atoms with Crippen LogP contribution in [0.25, 0.3) is 5.69 Å². The molecule has 1 N–H and O–H groups in total. The molecule has 1 aliphatic rings. The quantitative estimate of drug-likeness (QED) is 0.919. The molecule has 0 bridgehead atoms. The van der Waals surface area contributed by atoms with Crippen molar-refractivity contribution in [1.82, 2.24) is 9.78 Å². The topological polar surface area (TPSA) is 47.3 Å². The highest BCUT2D eigenvalue weighted by atomic mass is 16.5. The summed E-state index contributed by atoms with van der Waals surface area (Å²) in [5.74, 6) is 1.08. The van der Waals surface area contributed by atoms with Crippen LogP contribution in [-0.2, 0) is 0 Å². The van der Waals surface area contributed by atoms with Crippen molar-refractivity contribution >= 4 is 0 Å². The first kappa shape index (κ1) is 12.1. The van der Waals surface area contributed by atoms with Crippen LogP contribution >= 0.6 is 0 Å². The predicted molar refractivity (Wildman–Crippen MR) is 72.7 cm³/mol. The Labute approximate surface area is 112 Å². The van der Waals surface area contributed by atoms with E-state index < -0.39 is 0 Å². The van der Waals surface area contributed by atoms with E-state index in [1.54, 1.807) is 23.0 Å². The van der Waals surface area contributed by atoms with E-state index in [-0.39, 0.29) is 5.75 Å². The molecular formula is C15H18N2O2. The lowest BCUT2D eigenvalue weighted by Gasteiger charge is -2.21. The second-order valence-corrected chi connectivity index (χ2v) is 5.01. The highest BCUT2D eigenvalue weighted by Crippen LogP contribution is 2.23. The van der Waals surface area contributed by atoms with Crippen molar-refractivity contribution in [1.29, 1.82) is 0 Å². The van der Waals surface area contributed by atoms with Crippen LogP contribution in [0.5, 0.6) is 11.5 Å². The standard InChI is InChI=1S/C15H18N2O2/c18-13-8-6-12(7-9-13)17-11-15(10-16-17)19-14-4-2-1-3-5-14/h6-11,14,18H,1-5H2.